The van der Waals surface area contributed by atoms with Gasteiger partial charge in [-0.25, -0.2) is 0 Å². The summed E-state index contributed by atoms with van der Waals surface area (Å²) in [7, 11) is 5.43. The van der Waals surface area contributed by atoms with Crippen molar-refractivity contribution >= 4 is 18.3 Å². The maximum atomic E-state index is 12.0. The lowest BCUT2D eigenvalue weighted by atomic mass is 10.2. The molecule has 2 rings (SSSR count). The molecule has 1 heterocycles. The highest BCUT2D eigenvalue weighted by Gasteiger charge is 2.18. The Kier molecular flexibility index (Phi) is 8.15. The third kappa shape index (κ3) is 5.47. The maximum absolute atomic E-state index is 12.0. The monoisotopic (exact) mass is 354 g/mol. The number of hydrogen-bond acceptors (Lipinski definition) is 5. The van der Waals surface area contributed by atoms with E-state index in [-0.39, 0.29) is 31.0 Å². The number of halogens is 1. The second-order valence-electron chi connectivity index (χ2n) is 5.24. The second kappa shape index (κ2) is 9.85. The van der Waals surface area contributed by atoms with E-state index < -0.39 is 0 Å². The van der Waals surface area contributed by atoms with Crippen molar-refractivity contribution in [1.29, 1.82) is 0 Å². The van der Waals surface area contributed by atoms with Gasteiger partial charge < -0.3 is 19.2 Å². The Morgan fingerprint density at radius 1 is 1.21 bits per heavy atom. The molecule has 0 aliphatic heterocycles. The highest BCUT2D eigenvalue weighted by Crippen LogP contribution is 2.25. The summed E-state index contributed by atoms with van der Waals surface area (Å²) < 4.78 is 16.1. The van der Waals surface area contributed by atoms with Crippen LogP contribution in [0.5, 0.6) is 11.5 Å². The van der Waals surface area contributed by atoms with Gasteiger partial charge in [0.05, 0.1) is 19.4 Å². The van der Waals surface area contributed by atoms with E-state index in [2.05, 4.69) is 5.32 Å². The molecular formula is C17H23ClN2O4. The van der Waals surface area contributed by atoms with Crippen molar-refractivity contribution in [2.75, 3.05) is 34.4 Å². The average Bonchev–Trinajstić information content (AvgIpc) is 3.07. The lowest BCUT2D eigenvalue weighted by Crippen LogP contribution is -2.36. The molecule has 1 amide bonds. The van der Waals surface area contributed by atoms with E-state index in [9.17, 15) is 4.79 Å². The number of carbonyl (C=O) groups is 1. The zero-order valence-electron chi connectivity index (χ0n) is 14.0. The number of nitrogens with one attached hydrogen (secondary N) is 1. The van der Waals surface area contributed by atoms with Crippen LogP contribution < -0.4 is 14.8 Å². The summed E-state index contributed by atoms with van der Waals surface area (Å²) in [5.74, 6) is 1.75. The van der Waals surface area contributed by atoms with Crippen LogP contribution in [0, 0.1) is 0 Å². The van der Waals surface area contributed by atoms with Crippen LogP contribution in [-0.4, -0.2) is 45.2 Å². The number of methoxy groups -OCH3 is 1. The minimum Gasteiger partial charge on any atom is -0.493 e. The topological polar surface area (TPSA) is 63.9 Å². The summed E-state index contributed by atoms with van der Waals surface area (Å²) in [6.45, 7) is 0.368. The van der Waals surface area contributed by atoms with Gasteiger partial charge in [0.25, 0.3) is 5.91 Å². The van der Waals surface area contributed by atoms with E-state index in [1.807, 2.05) is 43.3 Å². The van der Waals surface area contributed by atoms with Crippen LogP contribution in [0.1, 0.15) is 11.8 Å². The number of ether oxygens (including phenoxy) is 2. The van der Waals surface area contributed by atoms with Gasteiger partial charge in [-0.3, -0.25) is 9.69 Å². The predicted molar refractivity (Wildman–Crippen MR) is 93.9 cm³/mol. The zero-order chi connectivity index (χ0) is 16.7. The van der Waals surface area contributed by atoms with Gasteiger partial charge in [-0.05, 0) is 38.4 Å². The van der Waals surface area contributed by atoms with Gasteiger partial charge in [-0.15, -0.1) is 12.4 Å². The van der Waals surface area contributed by atoms with Crippen LogP contribution in [-0.2, 0) is 4.79 Å². The first-order valence-corrected chi connectivity index (χ1v) is 7.34. The highest BCUT2D eigenvalue weighted by atomic mass is 35.5. The third-order valence-corrected chi connectivity index (χ3v) is 3.42. The Labute approximate surface area is 148 Å². The van der Waals surface area contributed by atoms with Crippen LogP contribution in [0.2, 0.25) is 0 Å². The molecule has 0 aliphatic carbocycles. The van der Waals surface area contributed by atoms with Gasteiger partial charge in [-0.2, -0.15) is 0 Å². The van der Waals surface area contributed by atoms with Crippen molar-refractivity contribution in [3.63, 3.8) is 0 Å². The number of hydrogen-bond donors (Lipinski definition) is 1. The average molecular weight is 355 g/mol. The standard InChI is InChI=1S/C17H22N2O4.ClH/c1-19(2)13(14-9-6-10-22-14)11-18-17(20)12-23-16-8-5-4-7-15(16)21-3;/h4-10,13H,11-12H2,1-3H3,(H,18,20);1H. The maximum Gasteiger partial charge on any atom is 0.258 e. The number of carbonyl (C=O) groups excluding carboxylic acids is 1. The van der Waals surface area contributed by atoms with E-state index in [4.69, 9.17) is 13.9 Å². The minimum absolute atomic E-state index is 0. The quantitative estimate of drug-likeness (QED) is 0.789. The molecule has 132 valence electrons. The fourth-order valence-electron chi connectivity index (χ4n) is 2.16. The molecule has 1 atom stereocenters. The molecule has 0 spiro atoms. The number of rotatable bonds is 8. The first kappa shape index (κ1) is 19.9. The summed E-state index contributed by atoms with van der Waals surface area (Å²) in [5.41, 5.74) is 0. The fraction of sp³-hybridized carbons (Fsp3) is 0.353. The van der Waals surface area contributed by atoms with E-state index in [0.29, 0.717) is 18.0 Å². The molecule has 1 aromatic heterocycles. The molecule has 24 heavy (non-hydrogen) atoms. The van der Waals surface area contributed by atoms with Gasteiger partial charge in [0.2, 0.25) is 0 Å². The first-order chi connectivity index (χ1) is 11.1. The third-order valence-electron chi connectivity index (χ3n) is 3.42. The Morgan fingerprint density at radius 3 is 2.50 bits per heavy atom. The molecule has 0 saturated heterocycles. The number of benzene rings is 1. The Hall–Kier alpha value is -2.18. The molecule has 0 bridgehead atoms. The van der Waals surface area contributed by atoms with Crippen molar-refractivity contribution in [3.05, 3.63) is 48.4 Å². The SMILES string of the molecule is COc1ccccc1OCC(=O)NCC(c1ccco1)N(C)C.Cl. The number of furan rings is 1. The number of para-hydroxylation sites is 2. The van der Waals surface area contributed by atoms with Gasteiger partial charge >= 0.3 is 0 Å². The minimum atomic E-state index is -0.200. The van der Waals surface area contributed by atoms with Crippen molar-refractivity contribution in [1.82, 2.24) is 10.2 Å². The number of nitrogens with zero attached hydrogens (tertiary/aromatic N) is 1. The van der Waals surface area contributed by atoms with Gasteiger partial charge in [0.1, 0.15) is 5.76 Å². The Balaban J connectivity index is 0.00000288. The molecule has 1 aromatic carbocycles. The normalized spacial score (nSPS) is 11.5. The first-order valence-electron chi connectivity index (χ1n) is 7.34. The van der Waals surface area contributed by atoms with Crippen LogP contribution >= 0.6 is 12.4 Å². The fourth-order valence-corrected chi connectivity index (χ4v) is 2.16. The molecule has 1 N–H and O–H groups in total. The molecule has 0 radical (unpaired) electrons. The molecular weight excluding hydrogens is 332 g/mol. The van der Waals surface area contributed by atoms with E-state index >= 15 is 0 Å². The van der Waals surface area contributed by atoms with E-state index in [1.165, 1.54) is 0 Å². The lowest BCUT2D eigenvalue weighted by Gasteiger charge is -2.22. The van der Waals surface area contributed by atoms with Gasteiger partial charge in [0.15, 0.2) is 18.1 Å². The van der Waals surface area contributed by atoms with Crippen LogP contribution in [0.25, 0.3) is 0 Å². The molecule has 1 unspecified atom stereocenters. The molecule has 7 heteroatoms. The second-order valence-corrected chi connectivity index (χ2v) is 5.24. The Bertz CT molecular complexity index is 617. The predicted octanol–water partition coefficient (Wildman–Crippen LogP) is 2.51. The zero-order valence-corrected chi connectivity index (χ0v) is 14.8. The lowest BCUT2D eigenvalue weighted by molar-refractivity contribution is -0.123. The van der Waals surface area contributed by atoms with Crippen LogP contribution in [0.4, 0.5) is 0 Å². The van der Waals surface area contributed by atoms with Crippen LogP contribution in [0.15, 0.2) is 47.1 Å². The van der Waals surface area contributed by atoms with Gasteiger partial charge in [0, 0.05) is 6.54 Å². The van der Waals surface area contributed by atoms with Crippen molar-refractivity contribution < 1.29 is 18.7 Å². The Morgan fingerprint density at radius 2 is 1.92 bits per heavy atom. The van der Waals surface area contributed by atoms with Crippen molar-refractivity contribution in [3.8, 4) is 11.5 Å². The smallest absolute Gasteiger partial charge is 0.258 e. The summed E-state index contributed by atoms with van der Waals surface area (Å²) >= 11 is 0. The molecule has 6 nitrogen and oxygen atoms in total. The number of likely N-dealkylation sites (N-methyl/N-ethyl adjacent to an activating group) is 1. The van der Waals surface area contributed by atoms with Gasteiger partial charge in [-0.1, -0.05) is 12.1 Å². The summed E-state index contributed by atoms with van der Waals surface area (Å²) in [6, 6.07) is 10.9. The van der Waals surface area contributed by atoms with E-state index in [1.54, 1.807) is 25.5 Å². The molecule has 0 aliphatic rings. The summed E-state index contributed by atoms with van der Waals surface area (Å²) in [5, 5.41) is 2.85. The largest absolute Gasteiger partial charge is 0.493 e. The van der Waals surface area contributed by atoms with Crippen molar-refractivity contribution in [2.24, 2.45) is 0 Å². The van der Waals surface area contributed by atoms with Crippen LogP contribution in [0.3, 0.4) is 0 Å². The molecule has 0 fully saturated rings. The molecule has 0 saturated carbocycles. The highest BCUT2D eigenvalue weighted by molar-refractivity contribution is 5.85. The van der Waals surface area contributed by atoms with Crippen molar-refractivity contribution in [2.45, 2.75) is 6.04 Å². The molecule has 2 aromatic rings. The summed E-state index contributed by atoms with van der Waals surface area (Å²) in [4.78, 5) is 14.0. The van der Waals surface area contributed by atoms with E-state index in [0.717, 1.165) is 5.76 Å². The summed E-state index contributed by atoms with van der Waals surface area (Å²) in [6.07, 6.45) is 1.62. The number of amides is 1.